The molecule has 1 aromatic rings. The number of nitrogens with zero attached hydrogens (tertiary/aromatic N) is 1. The highest BCUT2D eigenvalue weighted by Gasteiger charge is 2.22. The standard InChI is InChI=1S/C17H28N2O2.ClH/c1-4-15(5-2)19(11-12-21-3)17(20)13-16(18)14-9-7-6-8-10-14;/h6-10,15-16H,4-5,11-13,18H2,1-3H3;1H. The second-order valence-corrected chi connectivity index (χ2v) is 5.27. The molecule has 0 aliphatic rings. The summed E-state index contributed by atoms with van der Waals surface area (Å²) in [5.41, 5.74) is 7.17. The molecule has 0 radical (unpaired) electrons. The molecule has 1 atom stereocenters. The number of amides is 1. The van der Waals surface area contributed by atoms with Gasteiger partial charge in [-0.1, -0.05) is 44.2 Å². The number of methoxy groups -OCH3 is 1. The molecule has 0 bridgehead atoms. The summed E-state index contributed by atoms with van der Waals surface area (Å²) in [6.07, 6.45) is 2.24. The highest BCUT2D eigenvalue weighted by atomic mass is 35.5. The van der Waals surface area contributed by atoms with Crippen molar-refractivity contribution in [3.05, 3.63) is 35.9 Å². The van der Waals surface area contributed by atoms with Crippen molar-refractivity contribution >= 4 is 18.3 Å². The number of ether oxygens (including phenoxy) is 1. The number of benzene rings is 1. The minimum absolute atomic E-state index is 0. The van der Waals surface area contributed by atoms with E-state index in [0.29, 0.717) is 19.6 Å². The number of hydrogen-bond acceptors (Lipinski definition) is 3. The molecule has 4 nitrogen and oxygen atoms in total. The lowest BCUT2D eigenvalue weighted by atomic mass is 10.0. The Morgan fingerprint density at radius 2 is 1.82 bits per heavy atom. The van der Waals surface area contributed by atoms with Gasteiger partial charge in [-0.15, -0.1) is 12.4 Å². The maximum atomic E-state index is 12.6. The van der Waals surface area contributed by atoms with E-state index < -0.39 is 0 Å². The molecule has 0 saturated carbocycles. The Balaban J connectivity index is 0.00000441. The van der Waals surface area contributed by atoms with Crippen molar-refractivity contribution in [3.63, 3.8) is 0 Å². The summed E-state index contributed by atoms with van der Waals surface area (Å²) in [6, 6.07) is 9.79. The van der Waals surface area contributed by atoms with Gasteiger partial charge in [0.05, 0.1) is 6.61 Å². The van der Waals surface area contributed by atoms with E-state index in [4.69, 9.17) is 10.5 Å². The normalized spacial score (nSPS) is 11.9. The summed E-state index contributed by atoms with van der Waals surface area (Å²) in [5, 5.41) is 0. The summed E-state index contributed by atoms with van der Waals surface area (Å²) in [5.74, 6) is 0.108. The summed E-state index contributed by atoms with van der Waals surface area (Å²) in [7, 11) is 1.66. The molecule has 0 aliphatic carbocycles. The molecule has 1 unspecified atom stereocenters. The number of hydrogen-bond donors (Lipinski definition) is 1. The predicted molar refractivity (Wildman–Crippen MR) is 93.2 cm³/mol. The van der Waals surface area contributed by atoms with E-state index in [0.717, 1.165) is 18.4 Å². The van der Waals surface area contributed by atoms with Gasteiger partial charge in [0.2, 0.25) is 5.91 Å². The molecule has 0 aromatic heterocycles. The summed E-state index contributed by atoms with van der Waals surface area (Å²) >= 11 is 0. The van der Waals surface area contributed by atoms with E-state index in [2.05, 4.69) is 13.8 Å². The topological polar surface area (TPSA) is 55.6 Å². The van der Waals surface area contributed by atoms with Crippen LogP contribution < -0.4 is 5.73 Å². The van der Waals surface area contributed by atoms with E-state index in [1.807, 2.05) is 35.2 Å². The van der Waals surface area contributed by atoms with Gasteiger partial charge >= 0.3 is 0 Å². The molecule has 0 spiro atoms. The van der Waals surface area contributed by atoms with Crippen LogP contribution in [0.25, 0.3) is 0 Å². The molecular weight excluding hydrogens is 300 g/mol. The van der Waals surface area contributed by atoms with Crippen LogP contribution in [0, 0.1) is 0 Å². The molecule has 1 aromatic carbocycles. The van der Waals surface area contributed by atoms with Gasteiger partial charge < -0.3 is 15.4 Å². The van der Waals surface area contributed by atoms with Crippen molar-refractivity contribution in [2.24, 2.45) is 5.73 Å². The second-order valence-electron chi connectivity index (χ2n) is 5.27. The van der Waals surface area contributed by atoms with Gasteiger partial charge in [0.25, 0.3) is 0 Å². The largest absolute Gasteiger partial charge is 0.383 e. The van der Waals surface area contributed by atoms with Crippen LogP contribution in [0.2, 0.25) is 0 Å². The third-order valence-corrected chi connectivity index (χ3v) is 3.86. The first-order chi connectivity index (χ1) is 10.1. The van der Waals surface area contributed by atoms with Crippen molar-refractivity contribution in [2.75, 3.05) is 20.3 Å². The van der Waals surface area contributed by atoms with Crippen LogP contribution in [-0.4, -0.2) is 37.1 Å². The first-order valence-corrected chi connectivity index (χ1v) is 7.72. The number of halogens is 1. The quantitative estimate of drug-likeness (QED) is 0.757. The third kappa shape index (κ3) is 6.34. The second kappa shape index (κ2) is 11.5. The Hall–Kier alpha value is -1.10. The number of carbonyl (C=O) groups is 1. The minimum atomic E-state index is -0.252. The maximum Gasteiger partial charge on any atom is 0.224 e. The zero-order valence-corrected chi connectivity index (χ0v) is 14.6. The van der Waals surface area contributed by atoms with E-state index in [1.54, 1.807) is 7.11 Å². The molecule has 0 saturated heterocycles. The average Bonchev–Trinajstić information content (AvgIpc) is 2.52. The first-order valence-electron chi connectivity index (χ1n) is 7.72. The molecule has 22 heavy (non-hydrogen) atoms. The number of carbonyl (C=O) groups excluding carboxylic acids is 1. The van der Waals surface area contributed by atoms with Gasteiger partial charge in [-0.25, -0.2) is 0 Å². The fourth-order valence-corrected chi connectivity index (χ4v) is 2.55. The van der Waals surface area contributed by atoms with Crippen LogP contribution in [0.4, 0.5) is 0 Å². The van der Waals surface area contributed by atoms with Gasteiger partial charge in [0.15, 0.2) is 0 Å². The van der Waals surface area contributed by atoms with Crippen LogP contribution in [-0.2, 0) is 9.53 Å². The molecule has 2 N–H and O–H groups in total. The van der Waals surface area contributed by atoms with Gasteiger partial charge in [-0.2, -0.15) is 0 Å². The molecule has 126 valence electrons. The van der Waals surface area contributed by atoms with Crippen molar-refractivity contribution in [1.29, 1.82) is 0 Å². The predicted octanol–water partition coefficient (Wildman–Crippen LogP) is 3.16. The van der Waals surface area contributed by atoms with Crippen LogP contribution in [0.1, 0.15) is 44.7 Å². The summed E-state index contributed by atoms with van der Waals surface area (Å²) in [6.45, 7) is 5.41. The first kappa shape index (κ1) is 20.9. The Morgan fingerprint density at radius 1 is 1.23 bits per heavy atom. The van der Waals surface area contributed by atoms with E-state index >= 15 is 0 Å². The Labute approximate surface area is 140 Å². The van der Waals surface area contributed by atoms with Crippen molar-refractivity contribution in [1.82, 2.24) is 4.90 Å². The zero-order valence-electron chi connectivity index (χ0n) is 13.8. The minimum Gasteiger partial charge on any atom is -0.383 e. The number of nitrogens with two attached hydrogens (primary N) is 1. The smallest absolute Gasteiger partial charge is 0.224 e. The third-order valence-electron chi connectivity index (χ3n) is 3.86. The molecule has 0 heterocycles. The fraction of sp³-hybridized carbons (Fsp3) is 0.588. The molecule has 5 heteroatoms. The van der Waals surface area contributed by atoms with Crippen molar-refractivity contribution < 1.29 is 9.53 Å². The van der Waals surface area contributed by atoms with E-state index in [1.165, 1.54) is 0 Å². The average molecular weight is 329 g/mol. The highest BCUT2D eigenvalue weighted by molar-refractivity contribution is 5.85. The summed E-state index contributed by atoms with van der Waals surface area (Å²) < 4.78 is 5.13. The lowest BCUT2D eigenvalue weighted by Crippen LogP contribution is -2.42. The van der Waals surface area contributed by atoms with Gasteiger partial charge in [0.1, 0.15) is 0 Å². The zero-order chi connectivity index (χ0) is 15.7. The monoisotopic (exact) mass is 328 g/mol. The van der Waals surface area contributed by atoms with Crippen LogP contribution in [0.5, 0.6) is 0 Å². The Bertz CT molecular complexity index is 410. The molecule has 1 amide bonds. The fourth-order valence-electron chi connectivity index (χ4n) is 2.55. The SMILES string of the molecule is CCC(CC)N(CCOC)C(=O)CC(N)c1ccccc1.Cl. The van der Waals surface area contributed by atoms with Gasteiger partial charge in [-0.05, 0) is 18.4 Å². The van der Waals surface area contributed by atoms with Crippen molar-refractivity contribution in [3.8, 4) is 0 Å². The molecule has 1 rings (SSSR count). The summed E-state index contributed by atoms with van der Waals surface area (Å²) in [4.78, 5) is 14.5. The number of rotatable bonds is 9. The van der Waals surface area contributed by atoms with Gasteiger partial charge in [0, 0.05) is 32.2 Å². The Morgan fingerprint density at radius 3 is 2.32 bits per heavy atom. The van der Waals surface area contributed by atoms with Gasteiger partial charge in [-0.3, -0.25) is 4.79 Å². The van der Waals surface area contributed by atoms with E-state index in [9.17, 15) is 4.79 Å². The van der Waals surface area contributed by atoms with Crippen LogP contribution in [0.3, 0.4) is 0 Å². The molecule has 0 fully saturated rings. The molecular formula is C17H29ClN2O2. The maximum absolute atomic E-state index is 12.6. The lowest BCUT2D eigenvalue weighted by molar-refractivity contribution is -0.134. The molecule has 0 aliphatic heterocycles. The van der Waals surface area contributed by atoms with Crippen LogP contribution >= 0.6 is 12.4 Å². The van der Waals surface area contributed by atoms with Crippen molar-refractivity contribution in [2.45, 2.75) is 45.2 Å². The highest BCUT2D eigenvalue weighted by Crippen LogP contribution is 2.17. The lowest BCUT2D eigenvalue weighted by Gasteiger charge is -2.31. The van der Waals surface area contributed by atoms with Crippen LogP contribution in [0.15, 0.2) is 30.3 Å². The van der Waals surface area contributed by atoms with E-state index in [-0.39, 0.29) is 30.4 Å². The Kier molecular flexibility index (Phi) is 10.9.